The first-order chi connectivity index (χ1) is 12.5. The topological polar surface area (TPSA) is 93.7 Å². The van der Waals surface area contributed by atoms with Crippen LogP contribution in [0.3, 0.4) is 0 Å². The molecule has 0 unspecified atom stereocenters. The molecule has 7 nitrogen and oxygen atoms in total. The fourth-order valence-corrected chi connectivity index (χ4v) is 3.50. The molecule has 1 amide bonds. The molecule has 0 spiro atoms. The molecule has 0 bridgehead atoms. The molecule has 1 heterocycles. The summed E-state index contributed by atoms with van der Waals surface area (Å²) in [6.07, 6.45) is 0. The predicted molar refractivity (Wildman–Crippen MR) is 95.6 cm³/mol. The van der Waals surface area contributed by atoms with Gasteiger partial charge in [0.05, 0.1) is 11.4 Å². The summed E-state index contributed by atoms with van der Waals surface area (Å²) in [4.78, 5) is 12.0. The molecular weight excluding hydrogens is 356 g/mol. The third-order valence-electron chi connectivity index (χ3n) is 3.98. The van der Waals surface area contributed by atoms with Crippen LogP contribution < -0.4 is 19.5 Å². The van der Waals surface area contributed by atoms with Crippen molar-refractivity contribution in [1.29, 1.82) is 0 Å². The summed E-state index contributed by atoms with van der Waals surface area (Å²) >= 11 is 0. The molecule has 2 aromatic carbocycles. The maximum Gasteiger partial charge on any atom is 0.241 e. The second-order valence-corrected chi connectivity index (χ2v) is 7.60. The van der Waals surface area contributed by atoms with Crippen molar-refractivity contribution in [2.45, 2.75) is 18.4 Å². The number of hydrogen-bond acceptors (Lipinski definition) is 5. The molecule has 0 radical (unpaired) electrons. The van der Waals surface area contributed by atoms with E-state index < -0.39 is 15.9 Å². The van der Waals surface area contributed by atoms with Crippen LogP contribution in [0.25, 0.3) is 0 Å². The highest BCUT2D eigenvalue weighted by Crippen LogP contribution is 2.32. The number of ether oxygens (including phenoxy) is 2. The highest BCUT2D eigenvalue weighted by molar-refractivity contribution is 7.89. The molecule has 0 saturated carbocycles. The zero-order valence-electron chi connectivity index (χ0n) is 14.3. The Bertz CT molecular complexity index is 912. The van der Waals surface area contributed by atoms with E-state index in [0.29, 0.717) is 31.3 Å². The lowest BCUT2D eigenvalue weighted by molar-refractivity contribution is -0.120. The summed E-state index contributed by atoms with van der Waals surface area (Å²) in [7, 11) is -3.83. The Morgan fingerprint density at radius 3 is 2.58 bits per heavy atom. The summed E-state index contributed by atoms with van der Waals surface area (Å²) in [5.41, 5.74) is 2.04. The van der Waals surface area contributed by atoms with Gasteiger partial charge in [-0.3, -0.25) is 4.79 Å². The van der Waals surface area contributed by atoms with E-state index in [1.165, 1.54) is 12.1 Å². The first-order valence-electron chi connectivity index (χ1n) is 8.16. The van der Waals surface area contributed by atoms with Gasteiger partial charge in [0.25, 0.3) is 0 Å². The lowest BCUT2D eigenvalue weighted by atomic mass is 10.1. The van der Waals surface area contributed by atoms with E-state index in [0.717, 1.165) is 11.1 Å². The average Bonchev–Trinajstić information content (AvgIpc) is 2.65. The van der Waals surface area contributed by atoms with Gasteiger partial charge >= 0.3 is 0 Å². The van der Waals surface area contributed by atoms with Crippen LogP contribution in [-0.4, -0.2) is 34.1 Å². The summed E-state index contributed by atoms with van der Waals surface area (Å²) < 4.78 is 37.8. The Morgan fingerprint density at radius 2 is 1.81 bits per heavy atom. The Labute approximate surface area is 152 Å². The Morgan fingerprint density at radius 1 is 1.08 bits per heavy atom. The number of benzene rings is 2. The van der Waals surface area contributed by atoms with Gasteiger partial charge in [-0.1, -0.05) is 24.3 Å². The van der Waals surface area contributed by atoms with Crippen molar-refractivity contribution in [2.75, 3.05) is 19.8 Å². The van der Waals surface area contributed by atoms with Crippen molar-refractivity contribution in [3.63, 3.8) is 0 Å². The zero-order valence-corrected chi connectivity index (χ0v) is 15.1. The zero-order chi connectivity index (χ0) is 18.6. The van der Waals surface area contributed by atoms with Gasteiger partial charge in [-0.25, -0.2) is 13.1 Å². The van der Waals surface area contributed by atoms with Crippen molar-refractivity contribution in [3.05, 3.63) is 53.6 Å². The standard InChI is InChI=1S/C18H20N2O5S/c1-13-4-2-3-5-14(13)11-19-18(21)12-20-26(22,23)15-6-7-16-17(10-15)25-9-8-24-16/h2-7,10,20H,8-9,11-12H2,1H3,(H,19,21). The van der Waals surface area contributed by atoms with Crippen LogP contribution in [-0.2, 0) is 21.4 Å². The Balaban J connectivity index is 1.58. The van der Waals surface area contributed by atoms with Gasteiger partial charge in [-0.05, 0) is 30.2 Å². The maximum atomic E-state index is 12.4. The minimum atomic E-state index is -3.83. The average molecular weight is 376 g/mol. The normalized spacial score (nSPS) is 13.3. The third kappa shape index (κ3) is 4.33. The molecule has 2 aromatic rings. The van der Waals surface area contributed by atoms with Crippen molar-refractivity contribution in [2.24, 2.45) is 0 Å². The minimum Gasteiger partial charge on any atom is -0.486 e. The number of rotatable bonds is 6. The van der Waals surface area contributed by atoms with Gasteiger partial charge in [0.2, 0.25) is 15.9 Å². The smallest absolute Gasteiger partial charge is 0.241 e. The molecule has 8 heteroatoms. The van der Waals surface area contributed by atoms with Crippen molar-refractivity contribution in [1.82, 2.24) is 10.0 Å². The number of carbonyl (C=O) groups excluding carboxylic acids is 1. The van der Waals surface area contributed by atoms with Gasteiger partial charge in [0.1, 0.15) is 13.2 Å². The number of hydrogen-bond donors (Lipinski definition) is 2. The molecule has 3 rings (SSSR count). The Kier molecular flexibility index (Phi) is 5.43. The number of nitrogens with one attached hydrogen (secondary N) is 2. The van der Waals surface area contributed by atoms with Crippen LogP contribution in [0, 0.1) is 6.92 Å². The van der Waals surface area contributed by atoms with Crippen molar-refractivity contribution >= 4 is 15.9 Å². The van der Waals surface area contributed by atoms with E-state index in [1.807, 2.05) is 31.2 Å². The summed E-state index contributed by atoms with van der Waals surface area (Å²) in [5, 5.41) is 2.70. The SMILES string of the molecule is Cc1ccccc1CNC(=O)CNS(=O)(=O)c1ccc2c(c1)OCCO2. The number of carbonyl (C=O) groups is 1. The van der Waals surface area contributed by atoms with E-state index in [9.17, 15) is 13.2 Å². The van der Waals surface area contributed by atoms with E-state index in [1.54, 1.807) is 6.07 Å². The fraction of sp³-hybridized carbons (Fsp3) is 0.278. The van der Waals surface area contributed by atoms with E-state index in [4.69, 9.17) is 9.47 Å². The van der Waals surface area contributed by atoms with E-state index in [2.05, 4.69) is 10.0 Å². The molecule has 1 aliphatic heterocycles. The van der Waals surface area contributed by atoms with Crippen molar-refractivity contribution in [3.8, 4) is 11.5 Å². The molecule has 0 fully saturated rings. The van der Waals surface area contributed by atoms with Crippen LogP contribution in [0.15, 0.2) is 47.4 Å². The summed E-state index contributed by atoms with van der Waals surface area (Å²) in [6.45, 7) is 2.75. The lowest BCUT2D eigenvalue weighted by Gasteiger charge is -2.18. The molecule has 0 aromatic heterocycles. The molecule has 2 N–H and O–H groups in total. The maximum absolute atomic E-state index is 12.4. The van der Waals surface area contributed by atoms with Gasteiger partial charge in [0, 0.05) is 12.6 Å². The van der Waals surface area contributed by atoms with Gasteiger partial charge in [-0.15, -0.1) is 0 Å². The first kappa shape index (κ1) is 18.2. The molecule has 138 valence electrons. The highest BCUT2D eigenvalue weighted by Gasteiger charge is 2.20. The summed E-state index contributed by atoms with van der Waals surface area (Å²) in [6, 6.07) is 12.0. The number of sulfonamides is 1. The van der Waals surface area contributed by atoms with Gasteiger partial charge in [-0.2, -0.15) is 0 Å². The minimum absolute atomic E-state index is 0.0217. The third-order valence-corrected chi connectivity index (χ3v) is 5.38. The molecule has 0 saturated heterocycles. The lowest BCUT2D eigenvalue weighted by Crippen LogP contribution is -2.36. The van der Waals surface area contributed by atoms with Crippen LogP contribution in [0.2, 0.25) is 0 Å². The molecule has 1 aliphatic rings. The van der Waals surface area contributed by atoms with Crippen molar-refractivity contribution < 1.29 is 22.7 Å². The summed E-state index contributed by atoms with van der Waals surface area (Å²) in [5.74, 6) is 0.476. The monoisotopic (exact) mass is 376 g/mol. The number of fused-ring (bicyclic) bond motifs is 1. The Hall–Kier alpha value is -2.58. The van der Waals surface area contributed by atoms with Gasteiger partial charge in [0.15, 0.2) is 11.5 Å². The first-order valence-corrected chi connectivity index (χ1v) is 9.64. The molecular formula is C18H20N2O5S. The second kappa shape index (κ2) is 7.76. The molecule has 0 atom stereocenters. The van der Waals surface area contributed by atoms with E-state index in [-0.39, 0.29) is 11.4 Å². The predicted octanol–water partition coefficient (Wildman–Crippen LogP) is 1.36. The van der Waals surface area contributed by atoms with Crippen LogP contribution in [0.1, 0.15) is 11.1 Å². The molecule has 0 aliphatic carbocycles. The van der Waals surface area contributed by atoms with E-state index >= 15 is 0 Å². The largest absolute Gasteiger partial charge is 0.486 e. The number of aryl methyl sites for hydroxylation is 1. The van der Waals surface area contributed by atoms with Crippen LogP contribution in [0.5, 0.6) is 11.5 Å². The van der Waals surface area contributed by atoms with Crippen LogP contribution in [0.4, 0.5) is 0 Å². The van der Waals surface area contributed by atoms with Crippen LogP contribution >= 0.6 is 0 Å². The quantitative estimate of drug-likeness (QED) is 0.794. The molecule has 26 heavy (non-hydrogen) atoms. The second-order valence-electron chi connectivity index (χ2n) is 5.83. The highest BCUT2D eigenvalue weighted by atomic mass is 32.2. The van der Waals surface area contributed by atoms with Gasteiger partial charge < -0.3 is 14.8 Å². The number of amides is 1. The fourth-order valence-electron chi connectivity index (χ4n) is 2.50.